The first-order valence-electron chi connectivity index (χ1n) is 5.61. The number of hydrogen-bond donors (Lipinski definition) is 1. The number of benzene rings is 1. The largest absolute Gasteiger partial charge is 0.357 e. The van der Waals surface area contributed by atoms with Crippen molar-refractivity contribution in [2.24, 2.45) is 0 Å². The van der Waals surface area contributed by atoms with E-state index >= 15 is 0 Å². The highest BCUT2D eigenvalue weighted by atomic mass is 32.1. The van der Waals surface area contributed by atoms with Gasteiger partial charge in [0.2, 0.25) is 0 Å². The summed E-state index contributed by atoms with van der Waals surface area (Å²) in [5.41, 5.74) is 1.47. The molecule has 3 aromatic rings. The molecule has 2 heterocycles. The zero-order valence-electron chi connectivity index (χ0n) is 9.73. The summed E-state index contributed by atoms with van der Waals surface area (Å²) >= 11 is 1.29. The normalized spacial score (nSPS) is 10.8. The van der Waals surface area contributed by atoms with E-state index < -0.39 is 11.6 Å². The molecular formula is C13H9F2N3S. The second-order valence-corrected chi connectivity index (χ2v) is 5.00. The predicted octanol–water partition coefficient (Wildman–Crippen LogP) is 3.58. The van der Waals surface area contributed by atoms with Crippen LogP contribution < -0.4 is 5.32 Å². The Morgan fingerprint density at radius 2 is 2.05 bits per heavy atom. The number of halogens is 2. The molecule has 0 saturated heterocycles. The summed E-state index contributed by atoms with van der Waals surface area (Å²) in [5, 5.41) is 3.74. The number of pyridine rings is 1. The SMILES string of the molecule is Fc1cc2nc(NCc3cccnc3)sc2cc1F. The maximum absolute atomic E-state index is 13.1. The molecule has 1 aromatic carbocycles. The number of fused-ring (bicyclic) bond motifs is 1. The second-order valence-electron chi connectivity index (χ2n) is 3.97. The Balaban J connectivity index is 1.82. The van der Waals surface area contributed by atoms with Gasteiger partial charge in [0.05, 0.1) is 10.2 Å². The van der Waals surface area contributed by atoms with E-state index in [1.165, 1.54) is 11.3 Å². The first kappa shape index (κ1) is 12.0. The number of thiazole rings is 1. The topological polar surface area (TPSA) is 37.8 Å². The molecule has 3 nitrogen and oxygen atoms in total. The zero-order chi connectivity index (χ0) is 13.2. The van der Waals surface area contributed by atoms with Gasteiger partial charge in [-0.15, -0.1) is 0 Å². The fourth-order valence-corrected chi connectivity index (χ4v) is 2.55. The number of hydrogen-bond acceptors (Lipinski definition) is 4. The van der Waals surface area contributed by atoms with Crippen LogP contribution in [0.2, 0.25) is 0 Å². The molecule has 0 radical (unpaired) electrons. The van der Waals surface area contributed by atoms with Crippen LogP contribution in [0.1, 0.15) is 5.56 Å². The van der Waals surface area contributed by atoms with Crippen LogP contribution in [0.15, 0.2) is 36.7 Å². The maximum atomic E-state index is 13.1. The lowest BCUT2D eigenvalue weighted by atomic mass is 10.3. The van der Waals surface area contributed by atoms with Gasteiger partial charge < -0.3 is 5.32 Å². The summed E-state index contributed by atoms with van der Waals surface area (Å²) in [7, 11) is 0. The van der Waals surface area contributed by atoms with Gasteiger partial charge in [0, 0.05) is 25.0 Å². The highest BCUT2D eigenvalue weighted by molar-refractivity contribution is 7.22. The third-order valence-electron chi connectivity index (χ3n) is 2.60. The molecule has 0 fully saturated rings. The number of aromatic nitrogens is 2. The van der Waals surface area contributed by atoms with Crippen LogP contribution in [0.4, 0.5) is 13.9 Å². The van der Waals surface area contributed by atoms with Gasteiger partial charge in [0.1, 0.15) is 0 Å². The van der Waals surface area contributed by atoms with Crippen molar-refractivity contribution in [1.82, 2.24) is 9.97 Å². The summed E-state index contributed by atoms with van der Waals surface area (Å²) in [6, 6.07) is 6.06. The molecule has 2 aromatic heterocycles. The number of nitrogens with zero attached hydrogens (tertiary/aromatic N) is 2. The lowest BCUT2D eigenvalue weighted by Gasteiger charge is -2.00. The lowest BCUT2D eigenvalue weighted by molar-refractivity contribution is 0.511. The summed E-state index contributed by atoms with van der Waals surface area (Å²) in [6.45, 7) is 0.568. The molecule has 0 bridgehead atoms. The van der Waals surface area contributed by atoms with E-state index in [1.54, 1.807) is 12.4 Å². The average molecular weight is 277 g/mol. The van der Waals surface area contributed by atoms with Gasteiger partial charge in [-0.1, -0.05) is 17.4 Å². The molecule has 0 aliphatic carbocycles. The molecule has 0 aliphatic rings. The third-order valence-corrected chi connectivity index (χ3v) is 3.57. The van der Waals surface area contributed by atoms with Crippen molar-refractivity contribution in [2.75, 3.05) is 5.32 Å². The van der Waals surface area contributed by atoms with Gasteiger partial charge in [-0.2, -0.15) is 0 Å². The van der Waals surface area contributed by atoms with Crippen molar-refractivity contribution in [3.05, 3.63) is 53.9 Å². The van der Waals surface area contributed by atoms with Crippen molar-refractivity contribution in [3.8, 4) is 0 Å². The fourth-order valence-electron chi connectivity index (χ4n) is 1.68. The van der Waals surface area contributed by atoms with E-state index in [4.69, 9.17) is 0 Å². The minimum Gasteiger partial charge on any atom is -0.357 e. The number of anilines is 1. The van der Waals surface area contributed by atoms with Crippen molar-refractivity contribution < 1.29 is 8.78 Å². The fraction of sp³-hybridized carbons (Fsp3) is 0.0769. The Morgan fingerprint density at radius 3 is 2.84 bits per heavy atom. The minimum atomic E-state index is -0.878. The monoisotopic (exact) mass is 277 g/mol. The molecule has 0 amide bonds. The van der Waals surface area contributed by atoms with Gasteiger partial charge >= 0.3 is 0 Å². The smallest absolute Gasteiger partial charge is 0.184 e. The van der Waals surface area contributed by atoms with E-state index in [9.17, 15) is 8.78 Å². The van der Waals surface area contributed by atoms with Gasteiger partial charge in [0.15, 0.2) is 16.8 Å². The Hall–Kier alpha value is -2.08. The highest BCUT2D eigenvalue weighted by Gasteiger charge is 2.09. The van der Waals surface area contributed by atoms with E-state index in [-0.39, 0.29) is 0 Å². The van der Waals surface area contributed by atoms with Crippen molar-refractivity contribution in [1.29, 1.82) is 0 Å². The van der Waals surface area contributed by atoms with Crippen LogP contribution in [-0.2, 0) is 6.54 Å². The first-order valence-corrected chi connectivity index (χ1v) is 6.42. The Labute approximate surface area is 111 Å². The Morgan fingerprint density at radius 1 is 1.21 bits per heavy atom. The van der Waals surface area contributed by atoms with Crippen LogP contribution >= 0.6 is 11.3 Å². The molecule has 1 N–H and O–H groups in total. The van der Waals surface area contributed by atoms with Crippen LogP contribution in [0.25, 0.3) is 10.2 Å². The van der Waals surface area contributed by atoms with Gasteiger partial charge in [0.25, 0.3) is 0 Å². The summed E-state index contributed by atoms with van der Waals surface area (Å²) in [4.78, 5) is 8.22. The minimum absolute atomic E-state index is 0.456. The van der Waals surface area contributed by atoms with Crippen LogP contribution in [-0.4, -0.2) is 9.97 Å². The molecule has 0 saturated carbocycles. The predicted molar refractivity (Wildman–Crippen MR) is 71.1 cm³/mol. The number of nitrogens with one attached hydrogen (secondary N) is 1. The zero-order valence-corrected chi connectivity index (χ0v) is 10.5. The Kier molecular flexibility index (Phi) is 3.08. The Bertz CT molecular complexity index is 673. The molecular weight excluding hydrogens is 268 g/mol. The molecule has 3 rings (SSSR count). The standard InChI is InChI=1S/C13H9F2N3S/c14-9-4-11-12(5-10(9)15)19-13(18-11)17-7-8-2-1-3-16-6-8/h1-6H,7H2,(H,17,18). The van der Waals surface area contributed by atoms with Gasteiger partial charge in [-0.05, 0) is 17.7 Å². The van der Waals surface area contributed by atoms with Crippen molar-refractivity contribution in [3.63, 3.8) is 0 Å². The van der Waals surface area contributed by atoms with E-state index in [2.05, 4.69) is 15.3 Å². The quantitative estimate of drug-likeness (QED) is 0.795. The maximum Gasteiger partial charge on any atom is 0.184 e. The molecule has 96 valence electrons. The van der Waals surface area contributed by atoms with Crippen LogP contribution in [0, 0.1) is 11.6 Å². The molecule has 0 atom stereocenters. The average Bonchev–Trinajstić information content (AvgIpc) is 2.80. The first-order chi connectivity index (χ1) is 9.22. The summed E-state index contributed by atoms with van der Waals surface area (Å²) in [6.07, 6.45) is 3.45. The van der Waals surface area contributed by atoms with Crippen LogP contribution in [0.5, 0.6) is 0 Å². The molecule has 0 unspecified atom stereocenters. The molecule has 0 aliphatic heterocycles. The molecule has 6 heteroatoms. The van der Waals surface area contributed by atoms with E-state index in [1.807, 2.05) is 12.1 Å². The van der Waals surface area contributed by atoms with Crippen molar-refractivity contribution in [2.45, 2.75) is 6.54 Å². The highest BCUT2D eigenvalue weighted by Crippen LogP contribution is 2.27. The van der Waals surface area contributed by atoms with Gasteiger partial charge in [-0.3, -0.25) is 4.98 Å². The van der Waals surface area contributed by atoms with E-state index in [0.717, 1.165) is 17.7 Å². The summed E-state index contributed by atoms with van der Waals surface area (Å²) in [5.74, 6) is -1.73. The lowest BCUT2D eigenvalue weighted by Crippen LogP contribution is -1.98. The summed E-state index contributed by atoms with van der Waals surface area (Å²) < 4.78 is 26.8. The van der Waals surface area contributed by atoms with E-state index in [0.29, 0.717) is 21.9 Å². The van der Waals surface area contributed by atoms with Crippen molar-refractivity contribution >= 4 is 26.7 Å². The molecule has 0 spiro atoms. The second kappa shape index (κ2) is 4.89. The van der Waals surface area contributed by atoms with Crippen LogP contribution in [0.3, 0.4) is 0 Å². The number of rotatable bonds is 3. The molecule has 19 heavy (non-hydrogen) atoms. The van der Waals surface area contributed by atoms with Gasteiger partial charge in [-0.25, -0.2) is 13.8 Å². The third kappa shape index (κ3) is 2.53.